The first-order valence-electron chi connectivity index (χ1n) is 16.9. The average molecular weight is 657 g/mol. The predicted molar refractivity (Wildman–Crippen MR) is 209 cm³/mol. The number of pyridine rings is 2. The van der Waals surface area contributed by atoms with E-state index in [0.717, 1.165) is 60.1 Å². The number of hydrogen-bond donors (Lipinski definition) is 6. The summed E-state index contributed by atoms with van der Waals surface area (Å²) in [5.41, 5.74) is 11.5. The van der Waals surface area contributed by atoms with Gasteiger partial charge >= 0.3 is 0 Å². The fourth-order valence-electron chi connectivity index (χ4n) is 5.91. The summed E-state index contributed by atoms with van der Waals surface area (Å²) in [6, 6.07) is 41.3. The van der Waals surface area contributed by atoms with Crippen molar-refractivity contribution in [3.8, 4) is 0 Å². The van der Waals surface area contributed by atoms with Gasteiger partial charge in [-0.1, -0.05) is 36.4 Å². The van der Waals surface area contributed by atoms with E-state index in [1.807, 2.05) is 24.3 Å². The number of benzene rings is 4. The van der Waals surface area contributed by atoms with Crippen molar-refractivity contribution in [2.24, 2.45) is 0 Å². The van der Waals surface area contributed by atoms with Crippen LogP contribution >= 0.6 is 0 Å². The van der Waals surface area contributed by atoms with Crippen LogP contribution in [0.5, 0.6) is 0 Å². The summed E-state index contributed by atoms with van der Waals surface area (Å²) < 4.78 is 0. The molecule has 50 heavy (non-hydrogen) atoms. The Bertz CT molecular complexity index is 2050. The van der Waals surface area contributed by atoms with E-state index in [1.54, 1.807) is 24.8 Å². The molecule has 0 atom stereocenters. The molecule has 0 aliphatic rings. The lowest BCUT2D eigenvalue weighted by molar-refractivity contribution is 1.03. The molecule has 0 fully saturated rings. The predicted octanol–water partition coefficient (Wildman–Crippen LogP) is 9.92. The highest BCUT2D eigenvalue weighted by atomic mass is 14.9. The zero-order valence-electron chi connectivity index (χ0n) is 27.7. The molecule has 0 aliphatic heterocycles. The van der Waals surface area contributed by atoms with Gasteiger partial charge in [-0.25, -0.2) is 0 Å². The minimum Gasteiger partial charge on any atom is -0.385 e. The first-order valence-corrected chi connectivity index (χ1v) is 16.9. The molecule has 248 valence electrons. The highest BCUT2D eigenvalue weighted by Gasteiger charge is 2.04. The van der Waals surface area contributed by atoms with Crippen LogP contribution in [0.4, 0.5) is 34.1 Å². The molecule has 8 nitrogen and oxygen atoms in total. The van der Waals surface area contributed by atoms with Crippen molar-refractivity contribution < 1.29 is 0 Å². The second-order valence-corrected chi connectivity index (χ2v) is 11.9. The van der Waals surface area contributed by atoms with E-state index >= 15 is 0 Å². The standard InChI is InChI=1S/2C21H20N4/c2*1-2-4-21-20(3-1)16(15-24-21)9-14-23-17-5-7-18(8-6-17)25-19-10-12-22-13-11-19/h2*1-8,10-13,15,23-24H,9,14H2,(H,22,25). The summed E-state index contributed by atoms with van der Waals surface area (Å²) in [6.07, 6.45) is 13.3. The lowest BCUT2D eigenvalue weighted by atomic mass is 10.1. The maximum atomic E-state index is 4.02. The summed E-state index contributed by atoms with van der Waals surface area (Å²) in [6.45, 7) is 1.80. The van der Waals surface area contributed by atoms with E-state index < -0.39 is 0 Å². The van der Waals surface area contributed by atoms with E-state index in [0.29, 0.717) is 0 Å². The summed E-state index contributed by atoms with van der Waals surface area (Å²) in [5.74, 6) is 0. The quantitative estimate of drug-likeness (QED) is 0.0782. The molecule has 0 saturated carbocycles. The number of hydrogen-bond acceptors (Lipinski definition) is 6. The number of nitrogens with one attached hydrogen (secondary N) is 6. The molecule has 4 aromatic carbocycles. The van der Waals surface area contributed by atoms with Crippen molar-refractivity contribution in [1.82, 2.24) is 19.9 Å². The number of H-pyrrole nitrogens is 2. The Kier molecular flexibility index (Phi) is 10.3. The van der Waals surface area contributed by atoms with Crippen molar-refractivity contribution in [3.05, 3.63) is 170 Å². The SMILES string of the molecule is c1ccc2c(CCNc3ccc(Nc4ccncc4)cc3)c[nH]c2c1.c1ccc2c(CCNc3ccc(Nc4ccncc4)cc3)c[nH]c2c1. The van der Waals surface area contributed by atoms with Crippen LogP contribution in [0, 0.1) is 0 Å². The second kappa shape index (κ2) is 16.0. The monoisotopic (exact) mass is 656 g/mol. The van der Waals surface area contributed by atoms with E-state index in [1.165, 1.54) is 32.9 Å². The lowest BCUT2D eigenvalue weighted by Crippen LogP contribution is -2.04. The Labute approximate surface area is 292 Å². The fourth-order valence-corrected chi connectivity index (χ4v) is 5.91. The molecular formula is C42H40N8. The van der Waals surface area contributed by atoms with Crippen LogP contribution < -0.4 is 21.3 Å². The highest BCUT2D eigenvalue weighted by molar-refractivity contribution is 5.84. The molecule has 0 saturated heterocycles. The van der Waals surface area contributed by atoms with E-state index in [-0.39, 0.29) is 0 Å². The van der Waals surface area contributed by atoms with E-state index in [4.69, 9.17) is 0 Å². The molecule has 8 heteroatoms. The third-order valence-corrected chi connectivity index (χ3v) is 8.50. The summed E-state index contributed by atoms with van der Waals surface area (Å²) in [4.78, 5) is 14.7. The Morgan fingerprint density at radius 3 is 1.18 bits per heavy atom. The Hall–Kier alpha value is -6.54. The van der Waals surface area contributed by atoms with Crippen molar-refractivity contribution in [2.45, 2.75) is 12.8 Å². The summed E-state index contributed by atoms with van der Waals surface area (Å²) in [5, 5.41) is 16.3. The van der Waals surface area contributed by atoms with Crippen molar-refractivity contribution in [2.75, 3.05) is 34.4 Å². The van der Waals surface area contributed by atoms with E-state index in [2.05, 4.69) is 151 Å². The van der Waals surface area contributed by atoms with Gasteiger partial charge in [0, 0.05) is 106 Å². The maximum absolute atomic E-state index is 4.02. The first kappa shape index (κ1) is 32.0. The van der Waals surface area contributed by atoms with Gasteiger partial charge < -0.3 is 31.2 Å². The molecule has 4 aromatic heterocycles. The largest absolute Gasteiger partial charge is 0.385 e. The fraction of sp³-hybridized carbons (Fsp3) is 0.0952. The van der Waals surface area contributed by atoms with E-state index in [9.17, 15) is 0 Å². The van der Waals surface area contributed by atoms with Gasteiger partial charge in [0.05, 0.1) is 0 Å². The van der Waals surface area contributed by atoms with Gasteiger partial charge in [0.15, 0.2) is 0 Å². The Balaban J connectivity index is 0.000000157. The summed E-state index contributed by atoms with van der Waals surface area (Å²) >= 11 is 0. The Morgan fingerprint density at radius 2 is 0.760 bits per heavy atom. The molecule has 6 N–H and O–H groups in total. The van der Waals surface area contributed by atoms with Gasteiger partial charge in [0.2, 0.25) is 0 Å². The molecule has 4 heterocycles. The van der Waals surface area contributed by atoms with Gasteiger partial charge in [0.25, 0.3) is 0 Å². The third kappa shape index (κ3) is 8.48. The van der Waals surface area contributed by atoms with Gasteiger partial charge in [-0.05, 0) is 109 Å². The Morgan fingerprint density at radius 1 is 0.400 bits per heavy atom. The van der Waals surface area contributed by atoms with Gasteiger partial charge in [0.1, 0.15) is 0 Å². The number of anilines is 6. The highest BCUT2D eigenvalue weighted by Crippen LogP contribution is 2.22. The number of aromatic amines is 2. The van der Waals surface area contributed by atoms with Crippen molar-refractivity contribution in [3.63, 3.8) is 0 Å². The number of rotatable bonds is 12. The zero-order chi connectivity index (χ0) is 33.8. The van der Waals surface area contributed by atoms with Crippen molar-refractivity contribution >= 4 is 55.9 Å². The average Bonchev–Trinajstić information content (AvgIpc) is 3.78. The third-order valence-electron chi connectivity index (χ3n) is 8.50. The molecule has 8 rings (SSSR count). The molecule has 8 aromatic rings. The minimum absolute atomic E-state index is 0.902. The van der Waals surface area contributed by atoms with Crippen LogP contribution in [0.2, 0.25) is 0 Å². The molecule has 0 aliphatic carbocycles. The van der Waals surface area contributed by atoms with Crippen LogP contribution in [0.3, 0.4) is 0 Å². The number of fused-ring (bicyclic) bond motifs is 2. The molecule has 0 bridgehead atoms. The van der Waals surface area contributed by atoms with Gasteiger partial charge in [-0.15, -0.1) is 0 Å². The minimum atomic E-state index is 0.902. The lowest BCUT2D eigenvalue weighted by Gasteiger charge is -2.09. The molecular weight excluding hydrogens is 617 g/mol. The smallest absolute Gasteiger partial charge is 0.0456 e. The molecule has 0 radical (unpaired) electrons. The number of nitrogens with zero attached hydrogens (tertiary/aromatic N) is 2. The second-order valence-electron chi connectivity index (χ2n) is 11.9. The molecule has 0 unspecified atom stereocenters. The molecule has 0 amide bonds. The zero-order valence-corrected chi connectivity index (χ0v) is 27.7. The number of aromatic nitrogens is 4. The van der Waals surface area contributed by atoms with Crippen LogP contribution in [0.15, 0.2) is 159 Å². The first-order chi connectivity index (χ1) is 24.8. The molecule has 0 spiro atoms. The maximum Gasteiger partial charge on any atom is 0.0456 e. The van der Waals surface area contributed by atoms with Gasteiger partial charge in [-0.2, -0.15) is 0 Å². The topological polar surface area (TPSA) is 105 Å². The summed E-state index contributed by atoms with van der Waals surface area (Å²) in [7, 11) is 0. The van der Waals surface area contributed by atoms with Crippen LogP contribution in [-0.2, 0) is 12.8 Å². The van der Waals surface area contributed by atoms with Crippen molar-refractivity contribution in [1.29, 1.82) is 0 Å². The van der Waals surface area contributed by atoms with Crippen LogP contribution in [0.25, 0.3) is 21.8 Å². The van der Waals surface area contributed by atoms with Crippen LogP contribution in [0.1, 0.15) is 11.1 Å². The van der Waals surface area contributed by atoms with Gasteiger partial charge in [-0.3, -0.25) is 9.97 Å². The van der Waals surface area contributed by atoms with Crippen LogP contribution in [-0.4, -0.2) is 33.0 Å². The number of para-hydroxylation sites is 2. The normalized spacial score (nSPS) is 10.7.